The lowest BCUT2D eigenvalue weighted by molar-refractivity contribution is 0.397. The summed E-state index contributed by atoms with van der Waals surface area (Å²) < 4.78 is 5.06. The smallest absolute Gasteiger partial charge is 0.212 e. The molecule has 1 rings (SSSR count). The predicted octanol–water partition coefficient (Wildman–Crippen LogP) is 3.73. The van der Waals surface area contributed by atoms with Crippen LogP contribution in [0.5, 0.6) is 5.88 Å². The van der Waals surface area contributed by atoms with Crippen molar-refractivity contribution < 1.29 is 4.74 Å². The van der Waals surface area contributed by atoms with E-state index in [1.165, 1.54) is 32.1 Å². The molecule has 132 valence electrons. The maximum absolute atomic E-state index is 5.06. The van der Waals surface area contributed by atoms with Gasteiger partial charge in [-0.25, -0.2) is 4.98 Å². The van der Waals surface area contributed by atoms with Crippen molar-refractivity contribution in [2.24, 2.45) is 4.99 Å². The summed E-state index contributed by atoms with van der Waals surface area (Å²) in [6.45, 7) is 5.13. The summed E-state index contributed by atoms with van der Waals surface area (Å²) in [4.78, 5) is 8.47. The van der Waals surface area contributed by atoms with E-state index >= 15 is 0 Å². The molecule has 0 aliphatic heterocycles. The van der Waals surface area contributed by atoms with E-state index in [2.05, 4.69) is 34.5 Å². The van der Waals surface area contributed by atoms with Crippen molar-refractivity contribution in [2.75, 3.05) is 14.2 Å². The number of ether oxygens (including phenoxy) is 1. The molecule has 0 spiro atoms. The first-order valence-corrected chi connectivity index (χ1v) is 8.15. The highest BCUT2D eigenvalue weighted by atomic mass is 127. The second-order valence-corrected chi connectivity index (χ2v) is 5.53. The van der Waals surface area contributed by atoms with Crippen molar-refractivity contribution in [3.8, 4) is 5.88 Å². The highest BCUT2D eigenvalue weighted by Gasteiger charge is 2.05. The largest absolute Gasteiger partial charge is 0.481 e. The van der Waals surface area contributed by atoms with Crippen LogP contribution in [-0.4, -0.2) is 31.1 Å². The number of hydrogen-bond acceptors (Lipinski definition) is 3. The van der Waals surface area contributed by atoms with E-state index in [9.17, 15) is 0 Å². The van der Waals surface area contributed by atoms with Crippen LogP contribution >= 0.6 is 24.0 Å². The summed E-state index contributed by atoms with van der Waals surface area (Å²) in [5.41, 5.74) is 1.10. The molecular formula is C17H31IN4O. The Morgan fingerprint density at radius 1 is 1.30 bits per heavy atom. The van der Waals surface area contributed by atoms with Gasteiger partial charge in [-0.3, -0.25) is 4.99 Å². The van der Waals surface area contributed by atoms with E-state index in [4.69, 9.17) is 4.74 Å². The molecule has 0 saturated heterocycles. The number of guanidine groups is 1. The van der Waals surface area contributed by atoms with Gasteiger partial charge >= 0.3 is 0 Å². The standard InChI is InChI=1S/C17H30N4O.HI/c1-5-6-7-8-9-14(2)21-17(18-3)20-13-15-10-11-16(22-4)19-12-15;/h10-12,14H,5-9,13H2,1-4H3,(H2,18,20,21);1H. The molecule has 5 nitrogen and oxygen atoms in total. The molecule has 0 amide bonds. The summed E-state index contributed by atoms with van der Waals surface area (Å²) in [5.74, 6) is 1.46. The van der Waals surface area contributed by atoms with Crippen LogP contribution in [0, 0.1) is 0 Å². The Balaban J connectivity index is 0.00000484. The first kappa shape index (κ1) is 21.9. The first-order chi connectivity index (χ1) is 10.7. The number of aromatic nitrogens is 1. The molecule has 1 heterocycles. The van der Waals surface area contributed by atoms with E-state index in [1.807, 2.05) is 18.3 Å². The number of methoxy groups -OCH3 is 1. The van der Waals surface area contributed by atoms with Gasteiger partial charge in [0.1, 0.15) is 0 Å². The molecule has 0 aliphatic carbocycles. The summed E-state index contributed by atoms with van der Waals surface area (Å²) in [6, 6.07) is 4.29. The van der Waals surface area contributed by atoms with Crippen LogP contribution in [0.3, 0.4) is 0 Å². The molecule has 0 aliphatic rings. The van der Waals surface area contributed by atoms with Crippen LogP contribution in [0.25, 0.3) is 0 Å². The van der Waals surface area contributed by atoms with Crippen molar-refractivity contribution in [3.05, 3.63) is 23.9 Å². The van der Waals surface area contributed by atoms with Crippen LogP contribution in [0.4, 0.5) is 0 Å². The van der Waals surface area contributed by atoms with Gasteiger partial charge in [-0.1, -0.05) is 38.7 Å². The fourth-order valence-corrected chi connectivity index (χ4v) is 2.20. The molecule has 0 aromatic carbocycles. The van der Waals surface area contributed by atoms with E-state index in [1.54, 1.807) is 14.2 Å². The van der Waals surface area contributed by atoms with Crippen LogP contribution in [0.2, 0.25) is 0 Å². The van der Waals surface area contributed by atoms with Crippen molar-refractivity contribution in [1.82, 2.24) is 15.6 Å². The lowest BCUT2D eigenvalue weighted by atomic mass is 10.1. The minimum absolute atomic E-state index is 0. The number of nitrogens with one attached hydrogen (secondary N) is 2. The molecule has 2 N–H and O–H groups in total. The quantitative estimate of drug-likeness (QED) is 0.269. The number of halogens is 1. The number of hydrogen-bond donors (Lipinski definition) is 2. The molecule has 1 unspecified atom stereocenters. The Morgan fingerprint density at radius 2 is 2.09 bits per heavy atom. The summed E-state index contributed by atoms with van der Waals surface area (Å²) in [5, 5.41) is 6.74. The summed E-state index contributed by atoms with van der Waals surface area (Å²) in [6.07, 6.45) is 8.16. The van der Waals surface area contributed by atoms with Gasteiger partial charge in [0.2, 0.25) is 5.88 Å². The van der Waals surface area contributed by atoms with Crippen molar-refractivity contribution in [1.29, 1.82) is 0 Å². The molecule has 0 radical (unpaired) electrons. The zero-order chi connectivity index (χ0) is 16.2. The van der Waals surface area contributed by atoms with Gasteiger partial charge in [-0.15, -0.1) is 24.0 Å². The summed E-state index contributed by atoms with van der Waals surface area (Å²) >= 11 is 0. The lowest BCUT2D eigenvalue weighted by Crippen LogP contribution is -2.41. The predicted molar refractivity (Wildman–Crippen MR) is 108 cm³/mol. The average molecular weight is 434 g/mol. The fraction of sp³-hybridized carbons (Fsp3) is 0.647. The summed E-state index contributed by atoms with van der Waals surface area (Å²) in [7, 11) is 3.42. The Hall–Kier alpha value is -1.05. The topological polar surface area (TPSA) is 58.5 Å². The van der Waals surface area contributed by atoms with Crippen molar-refractivity contribution in [2.45, 2.75) is 58.5 Å². The second-order valence-electron chi connectivity index (χ2n) is 5.53. The molecular weight excluding hydrogens is 403 g/mol. The molecule has 0 saturated carbocycles. The van der Waals surface area contributed by atoms with Crippen molar-refractivity contribution >= 4 is 29.9 Å². The lowest BCUT2D eigenvalue weighted by Gasteiger charge is -2.18. The van der Waals surface area contributed by atoms with Gasteiger partial charge in [0.05, 0.1) is 7.11 Å². The third-order valence-corrected chi connectivity index (χ3v) is 3.56. The number of unbranched alkanes of at least 4 members (excludes halogenated alkanes) is 3. The van der Waals surface area contributed by atoms with Gasteiger partial charge in [0.25, 0.3) is 0 Å². The van der Waals surface area contributed by atoms with Crippen LogP contribution in [0.15, 0.2) is 23.3 Å². The molecule has 6 heteroatoms. The Labute approximate surface area is 157 Å². The zero-order valence-electron chi connectivity index (χ0n) is 14.8. The number of nitrogens with zero attached hydrogens (tertiary/aromatic N) is 2. The molecule has 0 bridgehead atoms. The monoisotopic (exact) mass is 434 g/mol. The minimum Gasteiger partial charge on any atom is -0.481 e. The Kier molecular flexibility index (Phi) is 12.8. The normalized spacial score (nSPS) is 12.3. The van der Waals surface area contributed by atoms with Gasteiger partial charge in [-0.05, 0) is 18.9 Å². The van der Waals surface area contributed by atoms with Gasteiger partial charge in [0, 0.05) is 31.9 Å². The van der Waals surface area contributed by atoms with Crippen LogP contribution < -0.4 is 15.4 Å². The van der Waals surface area contributed by atoms with Gasteiger partial charge < -0.3 is 15.4 Å². The van der Waals surface area contributed by atoms with Gasteiger partial charge in [0.15, 0.2) is 5.96 Å². The molecule has 1 aromatic rings. The SMILES string of the molecule is CCCCCCC(C)NC(=NC)NCc1ccc(OC)nc1.I. The third-order valence-electron chi connectivity index (χ3n) is 3.56. The second kappa shape index (κ2) is 13.4. The van der Waals surface area contributed by atoms with E-state index < -0.39 is 0 Å². The van der Waals surface area contributed by atoms with Crippen LogP contribution in [0.1, 0.15) is 51.5 Å². The highest BCUT2D eigenvalue weighted by molar-refractivity contribution is 14.0. The molecule has 1 atom stereocenters. The zero-order valence-corrected chi connectivity index (χ0v) is 17.1. The number of aliphatic imine (C=N–C) groups is 1. The minimum atomic E-state index is 0. The van der Waals surface area contributed by atoms with Crippen molar-refractivity contribution in [3.63, 3.8) is 0 Å². The van der Waals surface area contributed by atoms with Crippen LogP contribution in [-0.2, 0) is 6.54 Å². The van der Waals surface area contributed by atoms with E-state index in [-0.39, 0.29) is 24.0 Å². The first-order valence-electron chi connectivity index (χ1n) is 8.15. The molecule has 0 fully saturated rings. The van der Waals surface area contributed by atoms with E-state index in [0.717, 1.165) is 11.5 Å². The number of pyridine rings is 1. The highest BCUT2D eigenvalue weighted by Crippen LogP contribution is 2.07. The number of rotatable bonds is 9. The Morgan fingerprint density at radius 3 is 2.65 bits per heavy atom. The third kappa shape index (κ3) is 9.63. The average Bonchev–Trinajstić information content (AvgIpc) is 2.56. The molecule has 1 aromatic heterocycles. The van der Waals surface area contributed by atoms with Gasteiger partial charge in [-0.2, -0.15) is 0 Å². The van der Waals surface area contributed by atoms with E-state index in [0.29, 0.717) is 18.5 Å². The fourth-order valence-electron chi connectivity index (χ4n) is 2.20. The maximum Gasteiger partial charge on any atom is 0.212 e. The maximum atomic E-state index is 5.06. The molecule has 23 heavy (non-hydrogen) atoms. The Bertz CT molecular complexity index is 437.